The number of carbonyl (C=O) groups is 2. The SMILES string of the molecule is COC(=O)CCc1cc(C(=O)c2ccc(OC3CCCC3)cc2O)ccc1OCc1ccc(S(N)(=O)=O)cc1. The van der Waals surface area contributed by atoms with Crippen molar-refractivity contribution in [1.29, 1.82) is 0 Å². The molecule has 0 aromatic heterocycles. The average Bonchev–Trinajstić information content (AvgIpc) is 3.43. The number of nitrogens with two attached hydrogens (primary N) is 1. The first-order valence-electron chi connectivity index (χ1n) is 12.6. The topological polar surface area (TPSA) is 142 Å². The van der Waals surface area contributed by atoms with Gasteiger partial charge in [-0.25, -0.2) is 13.6 Å². The largest absolute Gasteiger partial charge is 0.507 e. The number of methoxy groups -OCH3 is 1. The zero-order valence-corrected chi connectivity index (χ0v) is 22.4. The molecule has 1 saturated carbocycles. The fourth-order valence-electron chi connectivity index (χ4n) is 4.46. The molecule has 9 nitrogen and oxygen atoms in total. The number of hydrogen-bond acceptors (Lipinski definition) is 8. The van der Waals surface area contributed by atoms with Gasteiger partial charge in [-0.15, -0.1) is 0 Å². The second kappa shape index (κ2) is 12.3. The van der Waals surface area contributed by atoms with Crippen LogP contribution in [0.5, 0.6) is 17.2 Å². The van der Waals surface area contributed by atoms with Gasteiger partial charge in [-0.1, -0.05) is 12.1 Å². The van der Waals surface area contributed by atoms with Gasteiger partial charge in [0.05, 0.1) is 23.7 Å². The minimum atomic E-state index is -3.80. The molecule has 1 aliphatic carbocycles. The number of phenols is 1. The van der Waals surface area contributed by atoms with Crippen molar-refractivity contribution in [3.05, 3.63) is 82.9 Å². The second-order valence-electron chi connectivity index (χ2n) is 9.41. The maximum Gasteiger partial charge on any atom is 0.305 e. The maximum atomic E-state index is 13.3. The van der Waals surface area contributed by atoms with E-state index in [0.29, 0.717) is 28.2 Å². The molecule has 0 heterocycles. The molecular weight excluding hydrogens is 522 g/mol. The predicted octanol–water partition coefficient (Wildman–Crippen LogP) is 4.28. The number of aromatic hydroxyl groups is 1. The minimum Gasteiger partial charge on any atom is -0.507 e. The first-order valence-corrected chi connectivity index (χ1v) is 14.2. The molecule has 1 fully saturated rings. The first-order chi connectivity index (χ1) is 18.6. The Kier molecular flexibility index (Phi) is 8.88. The van der Waals surface area contributed by atoms with Gasteiger partial charge in [-0.2, -0.15) is 0 Å². The van der Waals surface area contributed by atoms with E-state index < -0.39 is 16.0 Å². The Bertz CT molecular complexity index is 1440. The van der Waals surface area contributed by atoms with Crippen molar-refractivity contribution >= 4 is 21.8 Å². The van der Waals surface area contributed by atoms with Gasteiger partial charge in [0, 0.05) is 18.1 Å². The van der Waals surface area contributed by atoms with Crippen molar-refractivity contribution in [1.82, 2.24) is 0 Å². The fourth-order valence-corrected chi connectivity index (χ4v) is 4.98. The number of ether oxygens (including phenoxy) is 3. The van der Waals surface area contributed by atoms with Gasteiger partial charge in [-0.05, 0) is 85.7 Å². The third kappa shape index (κ3) is 7.36. The van der Waals surface area contributed by atoms with Gasteiger partial charge in [0.2, 0.25) is 10.0 Å². The standard InChI is InChI=1S/C29H31NO8S/c1-36-28(32)15-9-20-16-21(8-14-27(20)37-18-19-6-11-24(12-7-19)39(30,34)35)29(33)25-13-10-23(17-26(25)31)38-22-4-2-3-5-22/h6-8,10-14,16-17,22,31H,2-5,9,15,18H2,1H3,(H2,30,34,35). The van der Waals surface area contributed by atoms with Crippen LogP contribution in [0.1, 0.15) is 59.2 Å². The van der Waals surface area contributed by atoms with E-state index in [1.54, 1.807) is 42.5 Å². The monoisotopic (exact) mass is 553 g/mol. The summed E-state index contributed by atoms with van der Waals surface area (Å²) in [7, 11) is -2.50. The highest BCUT2D eigenvalue weighted by Gasteiger charge is 2.20. The van der Waals surface area contributed by atoms with Crippen molar-refractivity contribution in [2.75, 3.05) is 7.11 Å². The molecule has 3 aromatic rings. The van der Waals surface area contributed by atoms with Gasteiger partial charge in [-0.3, -0.25) is 9.59 Å². The molecule has 0 spiro atoms. The Balaban J connectivity index is 1.52. The van der Waals surface area contributed by atoms with Crippen molar-refractivity contribution < 1.29 is 37.3 Å². The van der Waals surface area contributed by atoms with E-state index >= 15 is 0 Å². The zero-order chi connectivity index (χ0) is 28.0. The number of hydrogen-bond donors (Lipinski definition) is 2. The van der Waals surface area contributed by atoms with Crippen LogP contribution < -0.4 is 14.6 Å². The number of rotatable bonds is 11. The molecule has 0 saturated heterocycles. The Morgan fingerprint density at radius 1 is 1.00 bits per heavy atom. The number of sulfonamides is 1. The summed E-state index contributed by atoms with van der Waals surface area (Å²) in [4.78, 5) is 25.1. The molecule has 0 radical (unpaired) electrons. The Hall–Kier alpha value is -3.89. The van der Waals surface area contributed by atoms with E-state index in [2.05, 4.69) is 0 Å². The summed E-state index contributed by atoms with van der Waals surface area (Å²) in [6, 6.07) is 15.5. The number of phenolic OH excluding ortho intramolecular Hbond substituents is 1. The van der Waals surface area contributed by atoms with Crippen molar-refractivity contribution in [3.63, 3.8) is 0 Å². The zero-order valence-electron chi connectivity index (χ0n) is 21.6. The summed E-state index contributed by atoms with van der Waals surface area (Å²) in [5.74, 6) is 0.0112. The van der Waals surface area contributed by atoms with Gasteiger partial charge in [0.15, 0.2) is 5.78 Å². The van der Waals surface area contributed by atoms with E-state index in [4.69, 9.17) is 19.3 Å². The summed E-state index contributed by atoms with van der Waals surface area (Å²) in [6.45, 7) is 0.118. The van der Waals surface area contributed by atoms with Gasteiger partial charge < -0.3 is 19.3 Å². The van der Waals surface area contributed by atoms with Crippen LogP contribution in [0, 0.1) is 0 Å². The van der Waals surface area contributed by atoms with Gasteiger partial charge >= 0.3 is 5.97 Å². The van der Waals surface area contributed by atoms with Crippen LogP contribution in [-0.4, -0.2) is 38.5 Å². The average molecular weight is 554 g/mol. The molecule has 1 aliphatic rings. The number of aryl methyl sites for hydroxylation is 1. The minimum absolute atomic E-state index is 0.00531. The number of primary sulfonamides is 1. The molecule has 3 N–H and O–H groups in total. The molecule has 10 heteroatoms. The van der Waals surface area contributed by atoms with E-state index in [9.17, 15) is 23.1 Å². The molecule has 0 aliphatic heterocycles. The van der Waals surface area contributed by atoms with Crippen LogP contribution in [-0.2, 0) is 32.6 Å². The van der Waals surface area contributed by atoms with Crippen LogP contribution in [0.15, 0.2) is 65.6 Å². The highest BCUT2D eigenvalue weighted by molar-refractivity contribution is 7.89. The summed E-state index contributed by atoms with van der Waals surface area (Å²) in [6.07, 6.45) is 4.66. The molecule has 0 unspecified atom stereocenters. The maximum absolute atomic E-state index is 13.3. The van der Waals surface area contributed by atoms with Crippen molar-refractivity contribution in [2.45, 2.75) is 56.1 Å². The lowest BCUT2D eigenvalue weighted by molar-refractivity contribution is -0.140. The summed E-state index contributed by atoms with van der Waals surface area (Å²) in [5, 5.41) is 15.7. The quantitative estimate of drug-likeness (QED) is 0.265. The lowest BCUT2D eigenvalue weighted by Crippen LogP contribution is -2.12. The number of benzene rings is 3. The van der Waals surface area contributed by atoms with Crippen LogP contribution in [0.3, 0.4) is 0 Å². The molecule has 0 bridgehead atoms. The first kappa shape index (κ1) is 28.1. The Labute approximate surface area is 227 Å². The molecule has 0 atom stereocenters. The summed E-state index contributed by atoms with van der Waals surface area (Å²) < 4.78 is 39.6. The summed E-state index contributed by atoms with van der Waals surface area (Å²) in [5.41, 5.74) is 1.76. The lowest BCUT2D eigenvalue weighted by atomic mass is 9.98. The van der Waals surface area contributed by atoms with E-state index in [-0.39, 0.29) is 47.5 Å². The second-order valence-corrected chi connectivity index (χ2v) is 11.0. The van der Waals surface area contributed by atoms with E-state index in [0.717, 1.165) is 25.7 Å². The summed E-state index contributed by atoms with van der Waals surface area (Å²) >= 11 is 0. The van der Waals surface area contributed by atoms with Crippen molar-refractivity contribution in [2.24, 2.45) is 5.14 Å². The Morgan fingerprint density at radius 2 is 1.72 bits per heavy atom. The van der Waals surface area contributed by atoms with Crippen molar-refractivity contribution in [3.8, 4) is 17.2 Å². The molecule has 4 rings (SSSR count). The molecular formula is C29H31NO8S. The van der Waals surface area contributed by atoms with Gasteiger partial charge in [0.25, 0.3) is 0 Å². The third-order valence-electron chi connectivity index (χ3n) is 6.61. The third-order valence-corrected chi connectivity index (χ3v) is 7.54. The molecule has 0 amide bonds. The predicted molar refractivity (Wildman–Crippen MR) is 143 cm³/mol. The fraction of sp³-hybridized carbons (Fsp3) is 0.310. The van der Waals surface area contributed by atoms with Crippen LogP contribution in [0.25, 0.3) is 0 Å². The van der Waals surface area contributed by atoms with E-state index in [1.807, 2.05) is 0 Å². The van der Waals surface area contributed by atoms with Crippen LogP contribution >= 0.6 is 0 Å². The Morgan fingerprint density at radius 3 is 2.36 bits per heavy atom. The highest BCUT2D eigenvalue weighted by atomic mass is 32.2. The molecule has 3 aromatic carbocycles. The number of ketones is 1. The molecule has 206 valence electrons. The smallest absolute Gasteiger partial charge is 0.305 e. The highest BCUT2D eigenvalue weighted by Crippen LogP contribution is 2.31. The van der Waals surface area contributed by atoms with Crippen LogP contribution in [0.2, 0.25) is 0 Å². The normalized spacial score (nSPS) is 13.7. The lowest BCUT2D eigenvalue weighted by Gasteiger charge is -2.15. The molecule has 39 heavy (non-hydrogen) atoms. The van der Waals surface area contributed by atoms with Crippen LogP contribution in [0.4, 0.5) is 0 Å². The number of carbonyl (C=O) groups excluding carboxylic acids is 2. The van der Waals surface area contributed by atoms with E-state index in [1.165, 1.54) is 25.3 Å². The number of esters is 1. The van der Waals surface area contributed by atoms with Gasteiger partial charge in [0.1, 0.15) is 23.9 Å².